The summed E-state index contributed by atoms with van der Waals surface area (Å²) in [4.78, 5) is 13.4. The lowest BCUT2D eigenvalue weighted by molar-refractivity contribution is 0.242. The van der Waals surface area contributed by atoms with E-state index in [1.54, 1.807) is 0 Å². The first-order valence-electron chi connectivity index (χ1n) is 7.60. The molecule has 0 aliphatic carbocycles. The molecule has 0 bridgehead atoms. The lowest BCUT2D eigenvalue weighted by atomic mass is 10.0. The standard InChI is InChI=1S/C15H27N5/c1-4-15(2,3)18-8-9-19-10-12-20(13-11-19)14-16-6-5-7-17-14/h5-7,18H,4,8-13H2,1-3H3. The Hall–Kier alpha value is -1.20. The molecule has 1 fully saturated rings. The molecule has 1 aromatic heterocycles. The van der Waals surface area contributed by atoms with Gasteiger partial charge in [-0.15, -0.1) is 0 Å². The van der Waals surface area contributed by atoms with Crippen molar-refractivity contribution >= 4 is 5.95 Å². The molecule has 5 heteroatoms. The van der Waals surface area contributed by atoms with Crippen molar-refractivity contribution in [2.45, 2.75) is 32.7 Å². The fourth-order valence-electron chi connectivity index (χ4n) is 2.30. The predicted octanol–water partition coefficient (Wildman–Crippen LogP) is 1.38. The van der Waals surface area contributed by atoms with Gasteiger partial charge in [-0.3, -0.25) is 4.90 Å². The third kappa shape index (κ3) is 4.42. The van der Waals surface area contributed by atoms with Gasteiger partial charge in [0.2, 0.25) is 5.95 Å². The predicted molar refractivity (Wildman–Crippen MR) is 83.1 cm³/mol. The van der Waals surface area contributed by atoms with Gasteiger partial charge in [-0.1, -0.05) is 6.92 Å². The first-order chi connectivity index (χ1) is 9.61. The minimum Gasteiger partial charge on any atom is -0.338 e. The van der Waals surface area contributed by atoms with Gasteiger partial charge < -0.3 is 10.2 Å². The van der Waals surface area contributed by atoms with E-state index in [0.29, 0.717) is 0 Å². The molecule has 0 spiro atoms. The summed E-state index contributed by atoms with van der Waals surface area (Å²) in [6.07, 6.45) is 4.78. The molecule has 5 nitrogen and oxygen atoms in total. The second kappa shape index (κ2) is 6.99. The largest absolute Gasteiger partial charge is 0.338 e. The van der Waals surface area contributed by atoms with Crippen LogP contribution in [0.3, 0.4) is 0 Å². The zero-order chi connectivity index (χ0) is 14.4. The second-order valence-electron chi connectivity index (χ2n) is 6.04. The summed E-state index contributed by atoms with van der Waals surface area (Å²) < 4.78 is 0. The minimum atomic E-state index is 0.250. The van der Waals surface area contributed by atoms with Crippen molar-refractivity contribution < 1.29 is 0 Å². The fraction of sp³-hybridized carbons (Fsp3) is 0.733. The van der Waals surface area contributed by atoms with E-state index in [4.69, 9.17) is 0 Å². The molecule has 0 saturated carbocycles. The summed E-state index contributed by atoms with van der Waals surface area (Å²) >= 11 is 0. The molecule has 2 rings (SSSR count). The Balaban J connectivity index is 1.70. The van der Waals surface area contributed by atoms with Crippen molar-refractivity contribution in [1.82, 2.24) is 20.2 Å². The number of aromatic nitrogens is 2. The highest BCUT2D eigenvalue weighted by Crippen LogP contribution is 2.10. The smallest absolute Gasteiger partial charge is 0.225 e. The third-order valence-corrected chi connectivity index (χ3v) is 4.12. The summed E-state index contributed by atoms with van der Waals surface area (Å²) in [7, 11) is 0. The molecule has 0 unspecified atom stereocenters. The molecule has 1 aliphatic heterocycles. The van der Waals surface area contributed by atoms with Crippen LogP contribution in [0.15, 0.2) is 18.5 Å². The summed E-state index contributed by atoms with van der Waals surface area (Å²) in [5.74, 6) is 0.859. The fourth-order valence-corrected chi connectivity index (χ4v) is 2.30. The average Bonchev–Trinajstić information content (AvgIpc) is 2.49. The van der Waals surface area contributed by atoms with Gasteiger partial charge in [0.25, 0.3) is 0 Å². The highest BCUT2D eigenvalue weighted by molar-refractivity contribution is 5.29. The topological polar surface area (TPSA) is 44.3 Å². The SMILES string of the molecule is CCC(C)(C)NCCN1CCN(c2ncccn2)CC1. The minimum absolute atomic E-state index is 0.250. The van der Waals surface area contributed by atoms with E-state index in [1.807, 2.05) is 18.5 Å². The van der Waals surface area contributed by atoms with Crippen LogP contribution in [0.2, 0.25) is 0 Å². The molecule has 0 aromatic carbocycles. The number of nitrogens with zero attached hydrogens (tertiary/aromatic N) is 4. The van der Waals surface area contributed by atoms with Crippen molar-refractivity contribution in [3.8, 4) is 0 Å². The maximum Gasteiger partial charge on any atom is 0.225 e. The van der Waals surface area contributed by atoms with Gasteiger partial charge in [0.1, 0.15) is 0 Å². The number of piperazine rings is 1. The second-order valence-corrected chi connectivity index (χ2v) is 6.04. The van der Waals surface area contributed by atoms with Crippen molar-refractivity contribution in [3.63, 3.8) is 0 Å². The maximum absolute atomic E-state index is 4.32. The van der Waals surface area contributed by atoms with Gasteiger partial charge in [0.05, 0.1) is 0 Å². The quantitative estimate of drug-likeness (QED) is 0.851. The van der Waals surface area contributed by atoms with E-state index in [9.17, 15) is 0 Å². The number of anilines is 1. The molecular formula is C15H27N5. The monoisotopic (exact) mass is 277 g/mol. The summed E-state index contributed by atoms with van der Waals surface area (Å²) in [5, 5.41) is 3.62. The first kappa shape index (κ1) is 15.2. The zero-order valence-corrected chi connectivity index (χ0v) is 13.0. The van der Waals surface area contributed by atoms with Crippen LogP contribution >= 0.6 is 0 Å². The molecule has 2 heterocycles. The van der Waals surface area contributed by atoms with Gasteiger partial charge in [-0.25, -0.2) is 9.97 Å². The first-order valence-corrected chi connectivity index (χ1v) is 7.60. The Morgan fingerprint density at radius 2 is 1.80 bits per heavy atom. The van der Waals surface area contributed by atoms with Crippen LogP contribution in [0.5, 0.6) is 0 Å². The van der Waals surface area contributed by atoms with Crippen molar-refractivity contribution in [3.05, 3.63) is 18.5 Å². The Kier molecular flexibility index (Phi) is 5.31. The van der Waals surface area contributed by atoms with Gasteiger partial charge in [-0.2, -0.15) is 0 Å². The van der Waals surface area contributed by atoms with Gasteiger partial charge in [0.15, 0.2) is 0 Å². The maximum atomic E-state index is 4.32. The van der Waals surface area contributed by atoms with Crippen LogP contribution in [0, 0.1) is 0 Å². The Labute approximate surface area is 122 Å². The van der Waals surface area contributed by atoms with Gasteiger partial charge in [-0.05, 0) is 26.3 Å². The van der Waals surface area contributed by atoms with Crippen molar-refractivity contribution in [1.29, 1.82) is 0 Å². The van der Waals surface area contributed by atoms with E-state index in [0.717, 1.165) is 51.6 Å². The number of hydrogen-bond acceptors (Lipinski definition) is 5. The Morgan fingerprint density at radius 1 is 1.15 bits per heavy atom. The van der Waals surface area contributed by atoms with Crippen molar-refractivity contribution in [2.75, 3.05) is 44.2 Å². The van der Waals surface area contributed by atoms with Crippen LogP contribution in [0.4, 0.5) is 5.95 Å². The lowest BCUT2D eigenvalue weighted by Gasteiger charge is -2.35. The molecule has 1 saturated heterocycles. The number of hydrogen-bond donors (Lipinski definition) is 1. The molecular weight excluding hydrogens is 250 g/mol. The van der Waals surface area contributed by atoms with Gasteiger partial charge >= 0.3 is 0 Å². The number of nitrogens with one attached hydrogen (secondary N) is 1. The molecule has 1 aliphatic rings. The Morgan fingerprint density at radius 3 is 2.40 bits per heavy atom. The van der Waals surface area contributed by atoms with E-state index in [2.05, 4.69) is 45.9 Å². The molecule has 0 radical (unpaired) electrons. The molecule has 0 amide bonds. The normalized spacial score (nSPS) is 17.4. The molecule has 20 heavy (non-hydrogen) atoms. The summed E-state index contributed by atoms with van der Waals surface area (Å²) in [6.45, 7) is 13.1. The van der Waals surface area contributed by atoms with Gasteiger partial charge in [0, 0.05) is 57.2 Å². The zero-order valence-electron chi connectivity index (χ0n) is 13.0. The highest BCUT2D eigenvalue weighted by Gasteiger charge is 2.19. The molecule has 112 valence electrons. The average molecular weight is 277 g/mol. The lowest BCUT2D eigenvalue weighted by Crippen LogP contribution is -2.50. The molecule has 1 aromatic rings. The number of rotatable bonds is 6. The van der Waals surface area contributed by atoms with Crippen molar-refractivity contribution in [2.24, 2.45) is 0 Å². The molecule has 0 atom stereocenters. The van der Waals surface area contributed by atoms with E-state index in [1.165, 1.54) is 0 Å². The van der Waals surface area contributed by atoms with Crippen LogP contribution in [0.1, 0.15) is 27.2 Å². The van der Waals surface area contributed by atoms with Crippen LogP contribution in [0.25, 0.3) is 0 Å². The van der Waals surface area contributed by atoms with Crippen LogP contribution < -0.4 is 10.2 Å². The van der Waals surface area contributed by atoms with E-state index in [-0.39, 0.29) is 5.54 Å². The van der Waals surface area contributed by atoms with E-state index >= 15 is 0 Å². The summed E-state index contributed by atoms with van der Waals surface area (Å²) in [5.41, 5.74) is 0.250. The Bertz CT molecular complexity index is 385. The molecule has 1 N–H and O–H groups in total. The van der Waals surface area contributed by atoms with E-state index < -0.39 is 0 Å². The third-order valence-electron chi connectivity index (χ3n) is 4.12. The van der Waals surface area contributed by atoms with Crippen LogP contribution in [-0.2, 0) is 0 Å². The summed E-state index contributed by atoms with van der Waals surface area (Å²) in [6, 6.07) is 1.86. The van der Waals surface area contributed by atoms with Crippen LogP contribution in [-0.4, -0.2) is 59.7 Å². The highest BCUT2D eigenvalue weighted by atomic mass is 15.3.